The first-order chi connectivity index (χ1) is 17.6. The highest BCUT2D eigenvalue weighted by molar-refractivity contribution is 5.87. The van der Waals surface area contributed by atoms with Crippen LogP contribution in [0.3, 0.4) is 0 Å². The third-order valence-corrected chi connectivity index (χ3v) is 8.58. The second-order valence-corrected chi connectivity index (χ2v) is 11.2. The summed E-state index contributed by atoms with van der Waals surface area (Å²) in [6, 6.07) is 14.9. The molecular weight excluding hydrogens is 446 g/mol. The molecule has 3 aromatic rings. The number of benzene rings is 2. The van der Waals surface area contributed by atoms with Crippen molar-refractivity contribution in [1.82, 2.24) is 9.88 Å². The number of nitrogens with zero attached hydrogens (tertiary/aromatic N) is 2. The molecule has 0 amide bonds. The fourth-order valence-electron chi connectivity index (χ4n) is 6.63. The maximum atomic E-state index is 11.7. The molecule has 5 heteroatoms. The van der Waals surface area contributed by atoms with E-state index < -0.39 is 0 Å². The SMILES string of the molecule is Cc1cccc(C(CCNC2CCCCC2)c2cn(CC3CCCCC3)c3ccc([N+](=O)[O-])cc23)c1. The summed E-state index contributed by atoms with van der Waals surface area (Å²) in [6.45, 7) is 4.13. The van der Waals surface area contributed by atoms with Gasteiger partial charge in [0.15, 0.2) is 0 Å². The van der Waals surface area contributed by atoms with E-state index in [4.69, 9.17) is 0 Å². The van der Waals surface area contributed by atoms with Crippen molar-refractivity contribution < 1.29 is 4.92 Å². The van der Waals surface area contributed by atoms with Gasteiger partial charge in [-0.05, 0) is 68.7 Å². The topological polar surface area (TPSA) is 60.1 Å². The molecular formula is C31H41N3O2. The van der Waals surface area contributed by atoms with Crippen molar-refractivity contribution in [3.8, 4) is 0 Å². The van der Waals surface area contributed by atoms with Gasteiger partial charge in [0.1, 0.15) is 0 Å². The predicted molar refractivity (Wildman–Crippen MR) is 148 cm³/mol. The Bertz CT molecular complexity index is 1170. The first-order valence-corrected chi connectivity index (χ1v) is 14.2. The van der Waals surface area contributed by atoms with Gasteiger partial charge in [-0.25, -0.2) is 0 Å². The van der Waals surface area contributed by atoms with E-state index in [2.05, 4.69) is 47.3 Å². The van der Waals surface area contributed by atoms with Crippen molar-refractivity contribution in [1.29, 1.82) is 0 Å². The number of aryl methyl sites for hydroxylation is 1. The Kier molecular flexibility index (Phi) is 8.05. The minimum absolute atomic E-state index is 0.183. The summed E-state index contributed by atoms with van der Waals surface area (Å²) in [4.78, 5) is 11.4. The first kappa shape index (κ1) is 25.0. The van der Waals surface area contributed by atoms with Gasteiger partial charge in [-0.15, -0.1) is 0 Å². The van der Waals surface area contributed by atoms with Crippen LogP contribution in [0.5, 0.6) is 0 Å². The van der Waals surface area contributed by atoms with Crippen LogP contribution in [0.15, 0.2) is 48.7 Å². The van der Waals surface area contributed by atoms with Crippen molar-refractivity contribution in [2.75, 3.05) is 6.54 Å². The fourth-order valence-corrected chi connectivity index (χ4v) is 6.63. The molecule has 5 rings (SSSR count). The van der Waals surface area contributed by atoms with Crippen molar-refractivity contribution in [3.05, 3.63) is 75.5 Å². The molecule has 2 fully saturated rings. The molecule has 1 atom stereocenters. The molecule has 2 aliphatic carbocycles. The number of rotatable bonds is 9. The average Bonchev–Trinajstić information content (AvgIpc) is 3.25. The van der Waals surface area contributed by atoms with E-state index in [-0.39, 0.29) is 16.5 Å². The minimum Gasteiger partial charge on any atom is -0.347 e. The zero-order valence-corrected chi connectivity index (χ0v) is 21.8. The van der Waals surface area contributed by atoms with Crippen LogP contribution in [0.4, 0.5) is 5.69 Å². The molecule has 2 saturated carbocycles. The molecule has 1 N–H and O–H groups in total. The maximum absolute atomic E-state index is 11.7. The summed E-state index contributed by atoms with van der Waals surface area (Å²) in [5, 5.41) is 16.6. The lowest BCUT2D eigenvalue weighted by Crippen LogP contribution is -2.32. The molecule has 1 aromatic heterocycles. The van der Waals surface area contributed by atoms with Crippen molar-refractivity contribution in [2.24, 2.45) is 5.92 Å². The van der Waals surface area contributed by atoms with Crippen molar-refractivity contribution >= 4 is 16.6 Å². The van der Waals surface area contributed by atoms with E-state index in [1.165, 1.54) is 80.9 Å². The number of hydrogen-bond acceptors (Lipinski definition) is 3. The highest BCUT2D eigenvalue weighted by atomic mass is 16.6. The Hall–Kier alpha value is -2.66. The molecule has 0 spiro atoms. The Morgan fingerprint density at radius 1 is 1.00 bits per heavy atom. The van der Waals surface area contributed by atoms with E-state index in [0.29, 0.717) is 12.0 Å². The van der Waals surface area contributed by atoms with Crippen LogP contribution in [0, 0.1) is 23.0 Å². The van der Waals surface area contributed by atoms with E-state index in [0.717, 1.165) is 30.4 Å². The number of hydrogen-bond donors (Lipinski definition) is 1. The minimum atomic E-state index is -0.256. The molecule has 0 bridgehead atoms. The molecule has 5 nitrogen and oxygen atoms in total. The van der Waals surface area contributed by atoms with E-state index in [1.54, 1.807) is 6.07 Å². The Morgan fingerprint density at radius 2 is 1.75 bits per heavy atom. The molecule has 0 radical (unpaired) electrons. The highest BCUT2D eigenvalue weighted by Crippen LogP contribution is 2.38. The monoisotopic (exact) mass is 487 g/mol. The second kappa shape index (κ2) is 11.6. The number of non-ortho nitro benzene ring substituents is 1. The fraction of sp³-hybridized carbons (Fsp3) is 0.548. The van der Waals surface area contributed by atoms with Crippen LogP contribution in [-0.4, -0.2) is 22.1 Å². The van der Waals surface area contributed by atoms with Crippen LogP contribution in [0.2, 0.25) is 0 Å². The van der Waals surface area contributed by atoms with Crippen LogP contribution >= 0.6 is 0 Å². The predicted octanol–water partition coefficient (Wildman–Crippen LogP) is 7.88. The number of nitrogens with one attached hydrogen (secondary N) is 1. The summed E-state index contributed by atoms with van der Waals surface area (Å²) < 4.78 is 2.40. The summed E-state index contributed by atoms with van der Waals surface area (Å²) in [6.07, 6.45) is 16.5. The van der Waals surface area contributed by atoms with Gasteiger partial charge in [0.05, 0.1) is 4.92 Å². The van der Waals surface area contributed by atoms with Gasteiger partial charge in [-0.2, -0.15) is 0 Å². The molecule has 192 valence electrons. The Morgan fingerprint density at radius 3 is 2.47 bits per heavy atom. The third kappa shape index (κ3) is 5.83. The lowest BCUT2D eigenvalue weighted by Gasteiger charge is -2.25. The molecule has 0 aliphatic heterocycles. The van der Waals surface area contributed by atoms with Gasteiger partial charge in [0.2, 0.25) is 0 Å². The van der Waals surface area contributed by atoms with Crippen molar-refractivity contribution in [3.63, 3.8) is 0 Å². The number of fused-ring (bicyclic) bond motifs is 1. The van der Waals surface area contributed by atoms with Gasteiger partial charge < -0.3 is 9.88 Å². The van der Waals surface area contributed by atoms with E-state index in [1.807, 2.05) is 12.1 Å². The van der Waals surface area contributed by atoms with Gasteiger partial charge in [-0.1, -0.05) is 68.4 Å². The highest BCUT2D eigenvalue weighted by Gasteiger charge is 2.24. The number of nitro benzene ring substituents is 1. The summed E-state index contributed by atoms with van der Waals surface area (Å²) >= 11 is 0. The first-order valence-electron chi connectivity index (χ1n) is 14.2. The van der Waals surface area contributed by atoms with Crippen LogP contribution < -0.4 is 5.32 Å². The average molecular weight is 488 g/mol. The van der Waals surface area contributed by atoms with E-state index in [9.17, 15) is 10.1 Å². The van der Waals surface area contributed by atoms with E-state index >= 15 is 0 Å². The quantitative estimate of drug-likeness (QED) is 0.247. The van der Waals surface area contributed by atoms with Crippen molar-refractivity contribution in [2.45, 2.75) is 96.1 Å². The van der Waals surface area contributed by atoms with Gasteiger partial charge >= 0.3 is 0 Å². The lowest BCUT2D eigenvalue weighted by molar-refractivity contribution is -0.384. The zero-order valence-electron chi connectivity index (χ0n) is 21.8. The molecule has 1 unspecified atom stereocenters. The van der Waals surface area contributed by atoms with Crippen LogP contribution in [-0.2, 0) is 6.54 Å². The molecule has 2 aromatic carbocycles. The van der Waals surface area contributed by atoms with Gasteiger partial charge in [0.25, 0.3) is 5.69 Å². The standard InChI is InChI=1S/C31H41N3O2/c1-23-9-8-12-25(19-23)28(17-18-32-26-13-6-3-7-14-26)30-22-33(21-24-10-4-2-5-11-24)31-16-15-27(34(35)36)20-29(30)31/h8-9,12,15-16,19-20,22,24,26,28,32H,2-7,10-11,13-14,17-18,21H2,1H3. The summed E-state index contributed by atoms with van der Waals surface area (Å²) in [5.41, 5.74) is 5.13. The molecule has 2 aliphatic rings. The number of aromatic nitrogens is 1. The number of nitro groups is 1. The lowest BCUT2D eigenvalue weighted by atomic mass is 9.87. The van der Waals surface area contributed by atoms with Crippen LogP contribution in [0.1, 0.15) is 93.2 Å². The molecule has 36 heavy (non-hydrogen) atoms. The normalized spacial score (nSPS) is 18.5. The van der Waals surface area contributed by atoms with Gasteiger partial charge in [0, 0.05) is 47.7 Å². The summed E-state index contributed by atoms with van der Waals surface area (Å²) in [5.74, 6) is 0.904. The van der Waals surface area contributed by atoms with Gasteiger partial charge in [-0.3, -0.25) is 10.1 Å². The Labute approximate surface area is 215 Å². The molecule has 1 heterocycles. The Balaban J connectivity index is 1.51. The third-order valence-electron chi connectivity index (χ3n) is 8.58. The van der Waals surface area contributed by atoms with Crippen LogP contribution in [0.25, 0.3) is 10.9 Å². The second-order valence-electron chi connectivity index (χ2n) is 11.2. The zero-order chi connectivity index (χ0) is 24.9. The largest absolute Gasteiger partial charge is 0.347 e. The maximum Gasteiger partial charge on any atom is 0.270 e. The smallest absolute Gasteiger partial charge is 0.270 e. The summed E-state index contributed by atoms with van der Waals surface area (Å²) in [7, 11) is 0. The molecule has 0 saturated heterocycles.